The highest BCUT2D eigenvalue weighted by Crippen LogP contribution is 2.40. The smallest absolute Gasteiger partial charge is 0.165 e. The summed E-state index contributed by atoms with van der Waals surface area (Å²) in [6.45, 7) is 3.99. The van der Waals surface area contributed by atoms with E-state index in [1.54, 1.807) is 7.11 Å². The van der Waals surface area contributed by atoms with E-state index in [0.29, 0.717) is 5.02 Å². The SMILES string of the molecule is COc1ccc(-c2c(C)nn3c(N(Cc4ccccc4)CC4CC4)c4c(nc23)CCC4)c(Cl)c1. The summed E-state index contributed by atoms with van der Waals surface area (Å²) < 4.78 is 7.47. The van der Waals surface area contributed by atoms with Gasteiger partial charge in [0.25, 0.3) is 0 Å². The molecule has 2 aliphatic rings. The van der Waals surface area contributed by atoms with E-state index in [9.17, 15) is 0 Å². The Kier molecular flexibility index (Phi) is 5.45. The van der Waals surface area contributed by atoms with E-state index in [-0.39, 0.29) is 0 Å². The maximum atomic E-state index is 6.72. The molecule has 174 valence electrons. The number of anilines is 1. The van der Waals surface area contributed by atoms with Crippen molar-refractivity contribution in [3.8, 4) is 16.9 Å². The van der Waals surface area contributed by atoms with E-state index in [1.807, 2.05) is 18.2 Å². The van der Waals surface area contributed by atoms with Crippen LogP contribution in [-0.4, -0.2) is 28.3 Å². The van der Waals surface area contributed by atoms with Gasteiger partial charge >= 0.3 is 0 Å². The zero-order valence-electron chi connectivity index (χ0n) is 19.7. The van der Waals surface area contributed by atoms with Gasteiger partial charge in [0.15, 0.2) is 5.65 Å². The summed E-state index contributed by atoms with van der Waals surface area (Å²) in [7, 11) is 1.66. The zero-order valence-corrected chi connectivity index (χ0v) is 20.5. The summed E-state index contributed by atoms with van der Waals surface area (Å²) in [5, 5.41) is 5.72. The molecule has 6 rings (SSSR count). The molecular weight excluding hydrogens is 444 g/mol. The number of rotatable bonds is 7. The predicted molar refractivity (Wildman–Crippen MR) is 137 cm³/mol. The first kappa shape index (κ1) is 21.5. The fourth-order valence-corrected chi connectivity index (χ4v) is 5.49. The first-order valence-electron chi connectivity index (χ1n) is 12.2. The third-order valence-electron chi connectivity index (χ3n) is 7.07. The average molecular weight is 473 g/mol. The van der Waals surface area contributed by atoms with Crippen LogP contribution in [0.2, 0.25) is 5.02 Å². The molecule has 0 saturated heterocycles. The fraction of sp³-hybridized carbons (Fsp3) is 0.357. The molecule has 5 nitrogen and oxygen atoms in total. The van der Waals surface area contributed by atoms with Crippen molar-refractivity contribution in [3.05, 3.63) is 76.1 Å². The first-order valence-corrected chi connectivity index (χ1v) is 12.5. The average Bonchev–Trinajstić information content (AvgIpc) is 3.43. The van der Waals surface area contributed by atoms with Gasteiger partial charge in [-0.15, -0.1) is 0 Å². The van der Waals surface area contributed by atoms with Crippen LogP contribution in [0.4, 0.5) is 5.82 Å². The molecule has 0 aliphatic heterocycles. The molecule has 1 saturated carbocycles. The number of halogens is 1. The van der Waals surface area contributed by atoms with Gasteiger partial charge in [0, 0.05) is 29.9 Å². The van der Waals surface area contributed by atoms with Crippen LogP contribution in [0.15, 0.2) is 48.5 Å². The van der Waals surface area contributed by atoms with E-state index < -0.39 is 0 Å². The number of ether oxygens (including phenoxy) is 1. The normalized spacial score (nSPS) is 15.0. The van der Waals surface area contributed by atoms with Crippen molar-refractivity contribution in [1.82, 2.24) is 14.6 Å². The maximum Gasteiger partial charge on any atom is 0.165 e. The van der Waals surface area contributed by atoms with Gasteiger partial charge in [-0.2, -0.15) is 9.61 Å². The number of benzene rings is 2. The summed E-state index contributed by atoms with van der Waals surface area (Å²) in [6, 6.07) is 16.6. The van der Waals surface area contributed by atoms with Crippen LogP contribution in [0.5, 0.6) is 5.75 Å². The lowest BCUT2D eigenvalue weighted by molar-refractivity contribution is 0.415. The highest BCUT2D eigenvalue weighted by molar-refractivity contribution is 6.33. The van der Waals surface area contributed by atoms with Crippen LogP contribution in [0.3, 0.4) is 0 Å². The van der Waals surface area contributed by atoms with E-state index in [1.165, 1.54) is 35.5 Å². The minimum Gasteiger partial charge on any atom is -0.497 e. The molecule has 34 heavy (non-hydrogen) atoms. The molecule has 0 atom stereocenters. The molecule has 2 heterocycles. The number of nitrogens with zero attached hydrogens (tertiary/aromatic N) is 4. The molecule has 2 aliphatic carbocycles. The Morgan fingerprint density at radius 1 is 1.12 bits per heavy atom. The van der Waals surface area contributed by atoms with Crippen molar-refractivity contribution >= 4 is 23.1 Å². The summed E-state index contributed by atoms with van der Waals surface area (Å²) in [5.74, 6) is 2.72. The molecule has 4 aromatic rings. The number of hydrogen-bond acceptors (Lipinski definition) is 4. The first-order chi connectivity index (χ1) is 16.6. The summed E-state index contributed by atoms with van der Waals surface area (Å²) in [5.41, 5.74) is 7.69. The molecule has 0 bridgehead atoms. The van der Waals surface area contributed by atoms with Crippen LogP contribution in [-0.2, 0) is 19.4 Å². The van der Waals surface area contributed by atoms with Gasteiger partial charge in [0.2, 0.25) is 0 Å². The Balaban J connectivity index is 1.54. The van der Waals surface area contributed by atoms with Crippen LogP contribution < -0.4 is 9.64 Å². The third-order valence-corrected chi connectivity index (χ3v) is 7.39. The largest absolute Gasteiger partial charge is 0.497 e. The van der Waals surface area contributed by atoms with Crippen LogP contribution in [0, 0.1) is 12.8 Å². The minimum atomic E-state index is 0.653. The molecule has 2 aromatic heterocycles. The van der Waals surface area contributed by atoms with Gasteiger partial charge in [-0.1, -0.05) is 41.9 Å². The number of methoxy groups -OCH3 is 1. The van der Waals surface area contributed by atoms with Crippen molar-refractivity contribution in [3.63, 3.8) is 0 Å². The second-order valence-electron chi connectivity index (χ2n) is 9.57. The lowest BCUT2D eigenvalue weighted by Gasteiger charge is -2.27. The Morgan fingerprint density at radius 2 is 1.94 bits per heavy atom. The van der Waals surface area contributed by atoms with Gasteiger partial charge < -0.3 is 9.64 Å². The molecule has 0 amide bonds. The maximum absolute atomic E-state index is 6.72. The van der Waals surface area contributed by atoms with Crippen molar-refractivity contribution in [2.75, 3.05) is 18.6 Å². The third kappa shape index (κ3) is 3.82. The second-order valence-corrected chi connectivity index (χ2v) is 9.97. The summed E-state index contributed by atoms with van der Waals surface area (Å²) >= 11 is 6.72. The lowest BCUT2D eigenvalue weighted by Crippen LogP contribution is -2.29. The molecule has 0 unspecified atom stereocenters. The zero-order chi connectivity index (χ0) is 23.2. The van der Waals surface area contributed by atoms with Crippen molar-refractivity contribution in [2.24, 2.45) is 5.92 Å². The van der Waals surface area contributed by atoms with Crippen LogP contribution in [0.1, 0.15) is 41.8 Å². The van der Waals surface area contributed by atoms with Gasteiger partial charge in [-0.25, -0.2) is 4.98 Å². The van der Waals surface area contributed by atoms with E-state index in [2.05, 4.69) is 46.7 Å². The molecular formula is C28H29ClN4O. The minimum absolute atomic E-state index is 0.653. The van der Waals surface area contributed by atoms with Crippen molar-refractivity contribution in [2.45, 2.75) is 45.6 Å². The van der Waals surface area contributed by atoms with E-state index in [4.69, 9.17) is 26.4 Å². The standard InChI is InChI=1S/C28H29ClN4O/c1-18-26(22-14-13-21(34-2)15-24(22)29)27-30-25-10-6-9-23(25)28(33(27)31-18)32(17-20-11-12-20)16-19-7-4-3-5-8-19/h3-5,7-8,13-15,20H,6,9-12,16-17H2,1-2H3. The number of fused-ring (bicyclic) bond motifs is 2. The van der Waals surface area contributed by atoms with Gasteiger partial charge in [0.05, 0.1) is 23.4 Å². The van der Waals surface area contributed by atoms with Gasteiger partial charge in [-0.05, 0) is 68.7 Å². The Morgan fingerprint density at radius 3 is 2.68 bits per heavy atom. The topological polar surface area (TPSA) is 42.7 Å². The second kappa shape index (κ2) is 8.62. The van der Waals surface area contributed by atoms with Crippen LogP contribution in [0.25, 0.3) is 16.8 Å². The Bertz CT molecular complexity index is 1360. The van der Waals surface area contributed by atoms with E-state index in [0.717, 1.165) is 66.5 Å². The molecule has 6 heteroatoms. The Labute approximate surface area is 205 Å². The highest BCUT2D eigenvalue weighted by atomic mass is 35.5. The van der Waals surface area contributed by atoms with Gasteiger partial charge in [-0.3, -0.25) is 0 Å². The number of aryl methyl sites for hydroxylation is 2. The quantitative estimate of drug-likeness (QED) is 0.318. The molecule has 1 fully saturated rings. The summed E-state index contributed by atoms with van der Waals surface area (Å²) in [4.78, 5) is 7.72. The fourth-order valence-electron chi connectivity index (χ4n) is 5.22. The number of aromatic nitrogens is 3. The summed E-state index contributed by atoms with van der Waals surface area (Å²) in [6.07, 6.45) is 5.84. The highest BCUT2D eigenvalue weighted by Gasteiger charge is 2.31. The number of hydrogen-bond donors (Lipinski definition) is 0. The van der Waals surface area contributed by atoms with Crippen molar-refractivity contribution in [1.29, 1.82) is 0 Å². The van der Waals surface area contributed by atoms with Gasteiger partial charge in [0.1, 0.15) is 11.6 Å². The molecule has 0 radical (unpaired) electrons. The molecule has 0 spiro atoms. The monoisotopic (exact) mass is 472 g/mol. The van der Waals surface area contributed by atoms with E-state index >= 15 is 0 Å². The molecule has 2 aromatic carbocycles. The van der Waals surface area contributed by atoms with Crippen molar-refractivity contribution < 1.29 is 4.74 Å². The molecule has 0 N–H and O–H groups in total. The Hall–Kier alpha value is -3.05. The van der Waals surface area contributed by atoms with Crippen LogP contribution >= 0.6 is 11.6 Å². The lowest BCUT2D eigenvalue weighted by atomic mass is 10.1. The predicted octanol–water partition coefficient (Wildman–Crippen LogP) is 6.27.